The number of halogens is 1. The Morgan fingerprint density at radius 3 is 2.75 bits per heavy atom. The SMILES string of the molecule is Cc1cc(Cl)ccc1S(=O)(=O)N1CCCC(C)C1CN. The van der Waals surface area contributed by atoms with Crippen LogP contribution in [0.15, 0.2) is 23.1 Å². The molecule has 0 amide bonds. The minimum atomic E-state index is -3.51. The van der Waals surface area contributed by atoms with Gasteiger partial charge in [0.05, 0.1) is 4.90 Å². The Bertz CT molecular complexity index is 589. The monoisotopic (exact) mass is 316 g/mol. The van der Waals surface area contributed by atoms with Crippen molar-refractivity contribution in [2.24, 2.45) is 11.7 Å². The highest BCUT2D eigenvalue weighted by atomic mass is 35.5. The Balaban J connectivity index is 2.43. The predicted molar refractivity (Wildman–Crippen MR) is 81.3 cm³/mol. The van der Waals surface area contributed by atoms with Crippen LogP contribution in [0.25, 0.3) is 0 Å². The van der Waals surface area contributed by atoms with Crippen LogP contribution in [0.4, 0.5) is 0 Å². The fourth-order valence-corrected chi connectivity index (χ4v) is 5.09. The molecule has 1 aromatic carbocycles. The molecule has 1 aliphatic heterocycles. The number of aryl methyl sites for hydroxylation is 1. The zero-order chi connectivity index (χ0) is 14.9. The highest BCUT2D eigenvalue weighted by molar-refractivity contribution is 7.89. The Labute approximate surface area is 126 Å². The second-order valence-electron chi connectivity index (χ2n) is 5.45. The average Bonchev–Trinajstić information content (AvgIpc) is 2.37. The maximum absolute atomic E-state index is 12.9. The van der Waals surface area contributed by atoms with E-state index < -0.39 is 10.0 Å². The van der Waals surface area contributed by atoms with Crippen molar-refractivity contribution in [1.82, 2.24) is 4.31 Å². The fourth-order valence-electron chi connectivity index (χ4n) is 2.89. The molecule has 0 saturated carbocycles. The summed E-state index contributed by atoms with van der Waals surface area (Å²) in [6.07, 6.45) is 1.90. The van der Waals surface area contributed by atoms with Crippen LogP contribution < -0.4 is 5.73 Å². The lowest BCUT2D eigenvalue weighted by Gasteiger charge is -2.38. The average molecular weight is 317 g/mol. The summed E-state index contributed by atoms with van der Waals surface area (Å²) in [6.45, 7) is 4.72. The van der Waals surface area contributed by atoms with Gasteiger partial charge in [-0.3, -0.25) is 0 Å². The number of hydrogen-bond donors (Lipinski definition) is 1. The van der Waals surface area contributed by atoms with E-state index in [9.17, 15) is 8.42 Å². The number of sulfonamides is 1. The van der Waals surface area contributed by atoms with Crippen molar-refractivity contribution in [1.29, 1.82) is 0 Å². The second-order valence-corrected chi connectivity index (χ2v) is 7.74. The maximum Gasteiger partial charge on any atom is 0.243 e. The number of hydrogen-bond acceptors (Lipinski definition) is 3. The van der Waals surface area contributed by atoms with Gasteiger partial charge in [0.2, 0.25) is 10.0 Å². The first-order chi connectivity index (χ1) is 9.37. The van der Waals surface area contributed by atoms with E-state index in [1.807, 2.05) is 0 Å². The summed E-state index contributed by atoms with van der Waals surface area (Å²) in [5.74, 6) is 0.288. The first-order valence-corrected chi connectivity index (χ1v) is 8.67. The molecule has 0 spiro atoms. The molecule has 1 fully saturated rings. The van der Waals surface area contributed by atoms with E-state index in [0.717, 1.165) is 12.8 Å². The molecule has 2 atom stereocenters. The van der Waals surface area contributed by atoms with Crippen LogP contribution in [0, 0.1) is 12.8 Å². The number of nitrogens with zero attached hydrogens (tertiary/aromatic N) is 1. The second kappa shape index (κ2) is 6.02. The van der Waals surface area contributed by atoms with E-state index in [1.165, 1.54) is 0 Å². The fraction of sp³-hybridized carbons (Fsp3) is 0.571. The van der Waals surface area contributed by atoms with Crippen molar-refractivity contribution in [2.45, 2.75) is 37.6 Å². The van der Waals surface area contributed by atoms with Crippen molar-refractivity contribution in [2.75, 3.05) is 13.1 Å². The summed E-state index contributed by atoms with van der Waals surface area (Å²) >= 11 is 5.90. The number of piperidine rings is 1. The van der Waals surface area contributed by atoms with Crippen LogP contribution in [0.5, 0.6) is 0 Å². The first-order valence-electron chi connectivity index (χ1n) is 6.86. The van der Waals surface area contributed by atoms with Crippen molar-refractivity contribution in [3.63, 3.8) is 0 Å². The maximum atomic E-state index is 12.9. The summed E-state index contributed by atoms with van der Waals surface area (Å²) in [4.78, 5) is 0.328. The zero-order valence-electron chi connectivity index (χ0n) is 11.8. The van der Waals surface area contributed by atoms with Crippen molar-refractivity contribution in [3.05, 3.63) is 28.8 Å². The van der Waals surface area contributed by atoms with Gasteiger partial charge < -0.3 is 5.73 Å². The molecule has 6 heteroatoms. The van der Waals surface area contributed by atoms with Crippen LogP contribution in [-0.2, 0) is 10.0 Å². The lowest BCUT2D eigenvalue weighted by Crippen LogP contribution is -2.51. The van der Waals surface area contributed by atoms with E-state index in [1.54, 1.807) is 29.4 Å². The van der Waals surface area contributed by atoms with Gasteiger partial charge in [0.25, 0.3) is 0 Å². The van der Waals surface area contributed by atoms with Gasteiger partial charge >= 0.3 is 0 Å². The molecule has 1 heterocycles. The van der Waals surface area contributed by atoms with Gasteiger partial charge in [-0.25, -0.2) is 8.42 Å². The van der Waals surface area contributed by atoms with Gasteiger partial charge in [-0.15, -0.1) is 0 Å². The van der Waals surface area contributed by atoms with E-state index in [-0.39, 0.29) is 12.0 Å². The molecule has 0 aromatic heterocycles. The number of rotatable bonds is 3. The Kier molecular flexibility index (Phi) is 4.74. The number of benzene rings is 1. The molecular formula is C14H21ClN2O2S. The van der Waals surface area contributed by atoms with E-state index in [4.69, 9.17) is 17.3 Å². The third-order valence-corrected chi connectivity index (χ3v) is 6.35. The molecule has 4 nitrogen and oxygen atoms in total. The molecule has 0 aliphatic carbocycles. The summed E-state index contributed by atoms with van der Waals surface area (Å²) in [5, 5.41) is 0.545. The molecule has 2 unspecified atom stereocenters. The normalized spacial score (nSPS) is 24.8. The minimum Gasteiger partial charge on any atom is -0.329 e. The highest BCUT2D eigenvalue weighted by Gasteiger charge is 2.36. The topological polar surface area (TPSA) is 63.4 Å². The van der Waals surface area contributed by atoms with Crippen LogP contribution in [-0.4, -0.2) is 31.9 Å². The van der Waals surface area contributed by atoms with Gasteiger partial charge in [-0.05, 0) is 49.4 Å². The standard InChI is InChI=1S/C14H21ClN2O2S/c1-10-4-3-7-17(13(10)9-16)20(18,19)14-6-5-12(15)8-11(14)2/h5-6,8,10,13H,3-4,7,9,16H2,1-2H3. The first kappa shape index (κ1) is 15.8. The smallest absolute Gasteiger partial charge is 0.243 e. The van der Waals surface area contributed by atoms with E-state index in [0.29, 0.717) is 28.6 Å². The van der Waals surface area contributed by atoms with Crippen molar-refractivity contribution < 1.29 is 8.42 Å². The molecule has 1 aromatic rings. The lowest BCUT2D eigenvalue weighted by atomic mass is 9.93. The zero-order valence-corrected chi connectivity index (χ0v) is 13.4. The van der Waals surface area contributed by atoms with Gasteiger partial charge in [-0.1, -0.05) is 18.5 Å². The molecular weight excluding hydrogens is 296 g/mol. The summed E-state index contributed by atoms with van der Waals surface area (Å²) in [5.41, 5.74) is 6.47. The molecule has 0 radical (unpaired) electrons. The van der Waals surface area contributed by atoms with Crippen LogP contribution >= 0.6 is 11.6 Å². The van der Waals surface area contributed by atoms with E-state index >= 15 is 0 Å². The molecule has 0 bridgehead atoms. The summed E-state index contributed by atoms with van der Waals surface area (Å²) in [7, 11) is -3.51. The third kappa shape index (κ3) is 2.86. The summed E-state index contributed by atoms with van der Waals surface area (Å²) < 4.78 is 27.3. The Morgan fingerprint density at radius 2 is 2.15 bits per heavy atom. The van der Waals surface area contributed by atoms with Crippen LogP contribution in [0.3, 0.4) is 0 Å². The minimum absolute atomic E-state index is 0.121. The van der Waals surface area contributed by atoms with Crippen molar-refractivity contribution >= 4 is 21.6 Å². The largest absolute Gasteiger partial charge is 0.329 e. The lowest BCUT2D eigenvalue weighted by molar-refractivity contribution is 0.192. The molecule has 112 valence electrons. The van der Waals surface area contributed by atoms with E-state index in [2.05, 4.69) is 6.92 Å². The van der Waals surface area contributed by atoms with Gasteiger partial charge in [0, 0.05) is 24.2 Å². The van der Waals surface area contributed by atoms with Gasteiger partial charge in [0.15, 0.2) is 0 Å². The third-order valence-electron chi connectivity index (χ3n) is 4.03. The van der Waals surface area contributed by atoms with Crippen molar-refractivity contribution in [3.8, 4) is 0 Å². The highest BCUT2D eigenvalue weighted by Crippen LogP contribution is 2.30. The van der Waals surface area contributed by atoms with Crippen LogP contribution in [0.2, 0.25) is 5.02 Å². The molecule has 1 aliphatic rings. The molecule has 1 saturated heterocycles. The predicted octanol–water partition coefficient (Wildman–Crippen LogP) is 2.40. The van der Waals surface area contributed by atoms with Crippen LogP contribution in [0.1, 0.15) is 25.3 Å². The Hall–Kier alpha value is -0.620. The molecule has 20 heavy (non-hydrogen) atoms. The number of nitrogens with two attached hydrogens (primary N) is 1. The quantitative estimate of drug-likeness (QED) is 0.931. The molecule has 2 N–H and O–H groups in total. The van der Waals surface area contributed by atoms with Gasteiger partial charge in [-0.2, -0.15) is 4.31 Å². The molecule has 2 rings (SSSR count). The summed E-state index contributed by atoms with van der Waals surface area (Å²) in [6, 6.07) is 4.76. The Morgan fingerprint density at radius 1 is 1.45 bits per heavy atom. The van der Waals surface area contributed by atoms with Gasteiger partial charge in [0.1, 0.15) is 0 Å².